The zero-order valence-corrected chi connectivity index (χ0v) is 10.7. The molecule has 0 aromatic heterocycles. The van der Waals surface area contributed by atoms with E-state index in [-0.39, 0.29) is 31.6 Å². The van der Waals surface area contributed by atoms with Crippen LogP contribution in [-0.4, -0.2) is 34.1 Å². The van der Waals surface area contributed by atoms with Crippen molar-refractivity contribution in [3.8, 4) is 12.3 Å². The molecule has 0 aliphatic heterocycles. The summed E-state index contributed by atoms with van der Waals surface area (Å²) in [7, 11) is 0. The first kappa shape index (κ1) is 17.0. The minimum atomic E-state index is -1.15. The standard InChI is InChI=1S/C13H19NO5/c1-2-3-4-5-8-11(15)14-10(13(18)19)7-6-9-12(16)17/h1,10H,3-9H2,(H,14,15)(H,16,17)(H,18,19)/t10-/m1/s1. The number of amides is 1. The highest BCUT2D eigenvalue weighted by molar-refractivity contribution is 5.83. The van der Waals surface area contributed by atoms with Gasteiger partial charge in [-0.05, 0) is 25.7 Å². The molecule has 1 atom stereocenters. The summed E-state index contributed by atoms with van der Waals surface area (Å²) in [5.41, 5.74) is 0. The number of unbranched alkanes of at least 4 members (excludes halogenated alkanes) is 2. The van der Waals surface area contributed by atoms with Crippen LogP contribution in [-0.2, 0) is 14.4 Å². The normalized spacial score (nSPS) is 11.3. The van der Waals surface area contributed by atoms with E-state index in [4.69, 9.17) is 16.6 Å². The van der Waals surface area contributed by atoms with Crippen molar-refractivity contribution in [1.29, 1.82) is 0 Å². The molecule has 0 spiro atoms. The summed E-state index contributed by atoms with van der Waals surface area (Å²) < 4.78 is 0. The molecule has 106 valence electrons. The van der Waals surface area contributed by atoms with E-state index in [9.17, 15) is 14.4 Å². The Labute approximate surface area is 112 Å². The summed E-state index contributed by atoms with van der Waals surface area (Å²) in [5, 5.41) is 19.8. The van der Waals surface area contributed by atoms with Crippen molar-refractivity contribution >= 4 is 17.8 Å². The van der Waals surface area contributed by atoms with E-state index in [0.717, 1.165) is 6.42 Å². The fourth-order valence-corrected chi connectivity index (χ4v) is 1.49. The Morgan fingerprint density at radius 2 is 1.79 bits per heavy atom. The third-order valence-electron chi connectivity index (χ3n) is 2.49. The molecule has 6 nitrogen and oxygen atoms in total. The number of nitrogens with one attached hydrogen (secondary N) is 1. The van der Waals surface area contributed by atoms with E-state index in [1.54, 1.807) is 0 Å². The lowest BCUT2D eigenvalue weighted by atomic mass is 10.1. The SMILES string of the molecule is C#CCCCCC(=O)N[C@H](CCCC(=O)O)C(=O)O. The average molecular weight is 269 g/mol. The summed E-state index contributed by atoms with van der Waals surface area (Å²) in [6, 6.07) is -1.03. The van der Waals surface area contributed by atoms with E-state index in [0.29, 0.717) is 12.8 Å². The van der Waals surface area contributed by atoms with E-state index in [1.807, 2.05) is 0 Å². The van der Waals surface area contributed by atoms with Gasteiger partial charge in [0.25, 0.3) is 0 Å². The van der Waals surface area contributed by atoms with Gasteiger partial charge < -0.3 is 15.5 Å². The lowest BCUT2D eigenvalue weighted by Crippen LogP contribution is -2.40. The highest BCUT2D eigenvalue weighted by Gasteiger charge is 2.19. The molecular formula is C13H19NO5. The van der Waals surface area contributed by atoms with Gasteiger partial charge in [-0.2, -0.15) is 0 Å². The summed E-state index contributed by atoms with van der Waals surface area (Å²) in [4.78, 5) is 32.7. The van der Waals surface area contributed by atoms with Gasteiger partial charge in [0.15, 0.2) is 0 Å². The number of hydrogen-bond donors (Lipinski definition) is 3. The smallest absolute Gasteiger partial charge is 0.326 e. The van der Waals surface area contributed by atoms with Crippen molar-refractivity contribution in [3.05, 3.63) is 0 Å². The Morgan fingerprint density at radius 3 is 2.32 bits per heavy atom. The maximum absolute atomic E-state index is 11.5. The van der Waals surface area contributed by atoms with Crippen molar-refractivity contribution in [1.82, 2.24) is 5.32 Å². The van der Waals surface area contributed by atoms with Crippen LogP contribution < -0.4 is 5.32 Å². The van der Waals surface area contributed by atoms with Crippen molar-refractivity contribution < 1.29 is 24.6 Å². The van der Waals surface area contributed by atoms with Gasteiger partial charge in [0.1, 0.15) is 6.04 Å². The number of hydrogen-bond acceptors (Lipinski definition) is 3. The Bertz CT molecular complexity index is 359. The molecule has 1 amide bonds. The molecule has 0 rings (SSSR count). The number of carboxylic acid groups (broad SMARTS) is 2. The van der Waals surface area contributed by atoms with Crippen LogP contribution in [0.3, 0.4) is 0 Å². The molecule has 0 radical (unpaired) electrons. The van der Waals surface area contributed by atoms with Crippen LogP contribution in [0.15, 0.2) is 0 Å². The Balaban J connectivity index is 3.98. The first-order valence-electron chi connectivity index (χ1n) is 6.14. The second-order valence-corrected chi connectivity index (χ2v) is 4.16. The van der Waals surface area contributed by atoms with Gasteiger partial charge in [0, 0.05) is 19.3 Å². The minimum Gasteiger partial charge on any atom is -0.481 e. The first-order chi connectivity index (χ1) is 8.97. The quantitative estimate of drug-likeness (QED) is 0.405. The van der Waals surface area contributed by atoms with Gasteiger partial charge in [0.05, 0.1) is 0 Å². The van der Waals surface area contributed by atoms with Crippen molar-refractivity contribution in [3.63, 3.8) is 0 Å². The zero-order valence-electron chi connectivity index (χ0n) is 10.7. The third kappa shape index (κ3) is 9.65. The van der Waals surface area contributed by atoms with Gasteiger partial charge in [-0.1, -0.05) is 0 Å². The third-order valence-corrected chi connectivity index (χ3v) is 2.49. The predicted octanol–water partition coefficient (Wildman–Crippen LogP) is 1.00. The molecule has 0 fully saturated rings. The monoisotopic (exact) mass is 269 g/mol. The lowest BCUT2D eigenvalue weighted by Gasteiger charge is -2.13. The second kappa shape index (κ2) is 9.95. The number of carboxylic acids is 2. The molecule has 0 aliphatic rings. The lowest BCUT2D eigenvalue weighted by molar-refractivity contribution is -0.142. The van der Waals surface area contributed by atoms with E-state index in [1.165, 1.54) is 0 Å². The summed E-state index contributed by atoms with van der Waals surface area (Å²) in [5.74, 6) is -0.0223. The Morgan fingerprint density at radius 1 is 1.11 bits per heavy atom. The van der Waals surface area contributed by atoms with Crippen LogP contribution in [0, 0.1) is 12.3 Å². The minimum absolute atomic E-state index is 0.109. The predicted molar refractivity (Wildman–Crippen MR) is 68.4 cm³/mol. The van der Waals surface area contributed by atoms with E-state index in [2.05, 4.69) is 11.2 Å². The van der Waals surface area contributed by atoms with Crippen molar-refractivity contribution in [2.45, 2.75) is 51.0 Å². The molecule has 19 heavy (non-hydrogen) atoms. The largest absolute Gasteiger partial charge is 0.481 e. The molecule has 6 heteroatoms. The topological polar surface area (TPSA) is 104 Å². The van der Waals surface area contributed by atoms with Crippen LogP contribution in [0.25, 0.3) is 0 Å². The van der Waals surface area contributed by atoms with E-state index < -0.39 is 18.0 Å². The van der Waals surface area contributed by atoms with Crippen LogP contribution in [0.2, 0.25) is 0 Å². The van der Waals surface area contributed by atoms with Crippen molar-refractivity contribution in [2.24, 2.45) is 0 Å². The molecule has 0 aliphatic carbocycles. The fourth-order valence-electron chi connectivity index (χ4n) is 1.49. The molecule has 0 bridgehead atoms. The number of rotatable bonds is 10. The average Bonchev–Trinajstić information content (AvgIpc) is 2.33. The van der Waals surface area contributed by atoms with Crippen LogP contribution in [0.1, 0.15) is 44.9 Å². The van der Waals surface area contributed by atoms with Crippen LogP contribution in [0.4, 0.5) is 0 Å². The number of carbonyl (C=O) groups is 3. The molecule has 0 unspecified atom stereocenters. The number of terminal acetylenes is 1. The van der Waals surface area contributed by atoms with Gasteiger partial charge in [-0.25, -0.2) is 4.79 Å². The molecule has 0 heterocycles. The molecule has 0 saturated carbocycles. The molecule has 0 saturated heterocycles. The highest BCUT2D eigenvalue weighted by Crippen LogP contribution is 2.04. The first-order valence-corrected chi connectivity index (χ1v) is 6.14. The van der Waals surface area contributed by atoms with Gasteiger partial charge >= 0.3 is 11.9 Å². The van der Waals surface area contributed by atoms with Gasteiger partial charge in [-0.3, -0.25) is 9.59 Å². The Hall–Kier alpha value is -2.03. The fraction of sp³-hybridized carbons (Fsp3) is 0.615. The maximum Gasteiger partial charge on any atom is 0.326 e. The molecule has 3 N–H and O–H groups in total. The summed E-state index contributed by atoms with van der Waals surface area (Å²) >= 11 is 0. The molecule has 0 aromatic rings. The number of carbonyl (C=O) groups excluding carboxylic acids is 1. The van der Waals surface area contributed by atoms with Gasteiger partial charge in [0.2, 0.25) is 5.91 Å². The molecule has 0 aromatic carbocycles. The summed E-state index contributed by atoms with van der Waals surface area (Å²) in [6.45, 7) is 0. The second-order valence-electron chi connectivity index (χ2n) is 4.16. The van der Waals surface area contributed by atoms with Gasteiger partial charge in [-0.15, -0.1) is 12.3 Å². The number of aliphatic carboxylic acids is 2. The van der Waals surface area contributed by atoms with Crippen LogP contribution in [0.5, 0.6) is 0 Å². The summed E-state index contributed by atoms with van der Waals surface area (Å²) in [6.07, 6.45) is 7.43. The van der Waals surface area contributed by atoms with E-state index >= 15 is 0 Å². The van der Waals surface area contributed by atoms with Crippen molar-refractivity contribution in [2.75, 3.05) is 0 Å². The highest BCUT2D eigenvalue weighted by atomic mass is 16.4. The molecular weight excluding hydrogens is 250 g/mol. The maximum atomic E-state index is 11.5. The Kier molecular flexibility index (Phi) is 8.88. The zero-order chi connectivity index (χ0) is 14.7. The van der Waals surface area contributed by atoms with Crippen LogP contribution >= 0.6 is 0 Å².